The normalized spacial score (nSPS) is 11.9. The van der Waals surface area contributed by atoms with Crippen LogP contribution in [0.5, 0.6) is 0 Å². The van der Waals surface area contributed by atoms with Crippen molar-refractivity contribution in [1.82, 2.24) is 9.78 Å². The fourth-order valence-corrected chi connectivity index (χ4v) is 2.71. The lowest BCUT2D eigenvalue weighted by Gasteiger charge is -2.11. The number of benzene rings is 2. The number of aromatic nitrogens is 2. The van der Waals surface area contributed by atoms with E-state index in [1.54, 1.807) is 11.6 Å². The fraction of sp³-hybridized carbons (Fsp3) is 0.111. The molecule has 0 atom stereocenters. The van der Waals surface area contributed by atoms with Gasteiger partial charge in [-0.25, -0.2) is 4.68 Å². The summed E-state index contributed by atoms with van der Waals surface area (Å²) < 4.78 is 40.5. The van der Waals surface area contributed by atoms with E-state index in [9.17, 15) is 13.2 Å². The second-order valence-electron chi connectivity index (χ2n) is 5.45. The van der Waals surface area contributed by atoms with Gasteiger partial charge in [0.25, 0.3) is 0 Å². The highest BCUT2D eigenvalue weighted by molar-refractivity contribution is 6.32. The predicted octanol–water partition coefficient (Wildman–Crippen LogP) is 5.30. The average molecular weight is 379 g/mol. The van der Waals surface area contributed by atoms with Crippen LogP contribution in [0.15, 0.2) is 59.7 Å². The maximum Gasteiger partial charge on any atom is 0.418 e. The maximum atomic E-state index is 13.0. The van der Waals surface area contributed by atoms with E-state index >= 15 is 0 Å². The quantitative estimate of drug-likeness (QED) is 0.494. The second-order valence-corrected chi connectivity index (χ2v) is 5.81. The molecule has 0 saturated heterocycles. The van der Waals surface area contributed by atoms with E-state index in [-0.39, 0.29) is 5.69 Å². The van der Waals surface area contributed by atoms with Crippen molar-refractivity contribution >= 4 is 23.5 Å². The number of rotatable bonds is 4. The van der Waals surface area contributed by atoms with Crippen LogP contribution < -0.4 is 5.43 Å². The molecule has 0 aliphatic rings. The number of hydrogen-bond acceptors (Lipinski definition) is 3. The van der Waals surface area contributed by atoms with Crippen LogP contribution in [-0.4, -0.2) is 16.0 Å². The van der Waals surface area contributed by atoms with Crippen molar-refractivity contribution in [1.29, 1.82) is 0 Å². The summed E-state index contributed by atoms with van der Waals surface area (Å²) in [4.78, 5) is 0. The van der Waals surface area contributed by atoms with E-state index in [1.807, 2.05) is 30.3 Å². The summed E-state index contributed by atoms with van der Waals surface area (Å²) in [6.45, 7) is 1.75. The minimum atomic E-state index is -4.47. The van der Waals surface area contributed by atoms with E-state index < -0.39 is 11.7 Å². The monoisotopic (exact) mass is 378 g/mol. The minimum absolute atomic E-state index is 0.138. The van der Waals surface area contributed by atoms with E-state index in [2.05, 4.69) is 15.6 Å². The third-order valence-corrected chi connectivity index (χ3v) is 4.02. The van der Waals surface area contributed by atoms with Crippen molar-refractivity contribution in [2.45, 2.75) is 13.1 Å². The Morgan fingerprint density at radius 3 is 2.42 bits per heavy atom. The molecule has 3 rings (SSSR count). The average Bonchev–Trinajstić information content (AvgIpc) is 2.90. The molecule has 0 fully saturated rings. The maximum absolute atomic E-state index is 13.0. The van der Waals surface area contributed by atoms with Crippen LogP contribution in [0.25, 0.3) is 5.69 Å². The Hall–Kier alpha value is -2.80. The Kier molecular flexibility index (Phi) is 4.99. The van der Waals surface area contributed by atoms with Gasteiger partial charge in [-0.15, -0.1) is 0 Å². The van der Waals surface area contributed by atoms with Crippen LogP contribution in [0.2, 0.25) is 5.15 Å². The van der Waals surface area contributed by atoms with Crippen molar-refractivity contribution in [2.75, 3.05) is 5.43 Å². The number of halogens is 4. The molecule has 1 aromatic heterocycles. The lowest BCUT2D eigenvalue weighted by molar-refractivity contribution is -0.136. The standard InChI is InChI=1S/C18H14ClF3N4/c1-12-14(17(19)26(25-12)13-7-3-2-4-8-13)11-23-24-16-10-6-5-9-15(16)18(20,21)22/h2-11,24H,1H3/b23-11-. The zero-order valence-electron chi connectivity index (χ0n) is 13.6. The molecule has 0 amide bonds. The number of hydrazone groups is 1. The number of alkyl halides is 3. The zero-order valence-corrected chi connectivity index (χ0v) is 14.4. The Balaban J connectivity index is 1.86. The topological polar surface area (TPSA) is 42.2 Å². The molecular weight excluding hydrogens is 365 g/mol. The van der Waals surface area contributed by atoms with Gasteiger partial charge in [-0.05, 0) is 31.2 Å². The molecule has 3 aromatic rings. The highest BCUT2D eigenvalue weighted by Gasteiger charge is 2.33. The van der Waals surface area contributed by atoms with Gasteiger partial charge in [-0.3, -0.25) is 5.43 Å². The molecule has 2 aromatic carbocycles. The zero-order chi connectivity index (χ0) is 18.7. The molecular formula is C18H14ClF3N4. The second kappa shape index (κ2) is 7.21. The summed E-state index contributed by atoms with van der Waals surface area (Å²) in [6.07, 6.45) is -3.11. The molecule has 0 spiro atoms. The van der Waals surface area contributed by atoms with Crippen molar-refractivity contribution in [3.63, 3.8) is 0 Å². The van der Waals surface area contributed by atoms with Gasteiger partial charge in [0.2, 0.25) is 0 Å². The summed E-state index contributed by atoms with van der Waals surface area (Å²) >= 11 is 6.35. The Bertz CT molecular complexity index is 933. The number of nitrogens with zero attached hydrogens (tertiary/aromatic N) is 3. The summed E-state index contributed by atoms with van der Waals surface area (Å²) in [6, 6.07) is 14.4. The molecule has 26 heavy (non-hydrogen) atoms. The first kappa shape index (κ1) is 18.0. The molecule has 0 aliphatic heterocycles. The van der Waals surface area contributed by atoms with Gasteiger partial charge in [-0.2, -0.15) is 23.4 Å². The summed E-state index contributed by atoms with van der Waals surface area (Å²) in [7, 11) is 0. The predicted molar refractivity (Wildman–Crippen MR) is 96.0 cm³/mol. The number of nitrogens with one attached hydrogen (secondary N) is 1. The highest BCUT2D eigenvalue weighted by Crippen LogP contribution is 2.34. The van der Waals surface area contributed by atoms with Gasteiger partial charge in [0.05, 0.1) is 34.4 Å². The van der Waals surface area contributed by atoms with Gasteiger partial charge >= 0.3 is 6.18 Å². The fourth-order valence-electron chi connectivity index (χ4n) is 2.39. The summed E-state index contributed by atoms with van der Waals surface area (Å²) in [5, 5.41) is 8.57. The van der Waals surface area contributed by atoms with Gasteiger partial charge in [0, 0.05) is 0 Å². The number of para-hydroxylation sites is 2. The minimum Gasteiger partial charge on any atom is -0.278 e. The lowest BCUT2D eigenvalue weighted by Crippen LogP contribution is -2.08. The molecule has 0 bridgehead atoms. The number of aryl methyl sites for hydroxylation is 1. The Morgan fingerprint density at radius 2 is 1.73 bits per heavy atom. The van der Waals surface area contributed by atoms with Crippen molar-refractivity contribution in [3.8, 4) is 5.69 Å². The molecule has 0 unspecified atom stereocenters. The summed E-state index contributed by atoms with van der Waals surface area (Å²) in [5.41, 5.74) is 3.40. The van der Waals surface area contributed by atoms with Crippen LogP contribution in [0, 0.1) is 6.92 Å². The molecule has 4 nitrogen and oxygen atoms in total. The SMILES string of the molecule is Cc1nn(-c2ccccc2)c(Cl)c1/C=N\Nc1ccccc1C(F)(F)F. The lowest BCUT2D eigenvalue weighted by atomic mass is 10.2. The first-order chi connectivity index (χ1) is 12.4. The van der Waals surface area contributed by atoms with Crippen LogP contribution in [0.4, 0.5) is 18.9 Å². The van der Waals surface area contributed by atoms with E-state index in [1.165, 1.54) is 24.4 Å². The first-order valence-electron chi connectivity index (χ1n) is 7.64. The Labute approximate surface area is 152 Å². The third-order valence-electron chi connectivity index (χ3n) is 3.66. The highest BCUT2D eigenvalue weighted by atomic mass is 35.5. The van der Waals surface area contributed by atoms with Gasteiger partial charge < -0.3 is 0 Å². The largest absolute Gasteiger partial charge is 0.418 e. The molecule has 1 N–H and O–H groups in total. The first-order valence-corrected chi connectivity index (χ1v) is 8.01. The molecule has 134 valence electrons. The smallest absolute Gasteiger partial charge is 0.278 e. The van der Waals surface area contributed by atoms with Crippen LogP contribution in [0.1, 0.15) is 16.8 Å². The van der Waals surface area contributed by atoms with Crippen LogP contribution >= 0.6 is 11.6 Å². The van der Waals surface area contributed by atoms with Crippen molar-refractivity contribution < 1.29 is 13.2 Å². The van der Waals surface area contributed by atoms with Crippen molar-refractivity contribution in [3.05, 3.63) is 76.6 Å². The molecule has 0 saturated carbocycles. The third kappa shape index (κ3) is 3.72. The molecule has 0 radical (unpaired) electrons. The molecule has 0 aliphatic carbocycles. The van der Waals surface area contributed by atoms with Gasteiger partial charge in [0.1, 0.15) is 5.15 Å². The van der Waals surface area contributed by atoms with Gasteiger partial charge in [0.15, 0.2) is 0 Å². The van der Waals surface area contributed by atoms with Crippen molar-refractivity contribution in [2.24, 2.45) is 5.10 Å². The van der Waals surface area contributed by atoms with Gasteiger partial charge in [-0.1, -0.05) is 41.9 Å². The molecule has 1 heterocycles. The van der Waals surface area contributed by atoms with E-state index in [0.29, 0.717) is 16.4 Å². The van der Waals surface area contributed by atoms with Crippen LogP contribution in [0.3, 0.4) is 0 Å². The number of hydrogen-bond donors (Lipinski definition) is 1. The number of anilines is 1. The van der Waals surface area contributed by atoms with E-state index in [4.69, 9.17) is 11.6 Å². The summed E-state index contributed by atoms with van der Waals surface area (Å²) in [5.74, 6) is 0. The van der Waals surface area contributed by atoms with E-state index in [0.717, 1.165) is 11.8 Å². The molecule has 8 heteroatoms. The van der Waals surface area contributed by atoms with Crippen LogP contribution in [-0.2, 0) is 6.18 Å². The Morgan fingerprint density at radius 1 is 1.08 bits per heavy atom.